The number of rotatable bonds is 9. The molecule has 0 radical (unpaired) electrons. The van der Waals surface area contributed by atoms with Crippen molar-refractivity contribution < 1.29 is 28.6 Å². The molecule has 2 saturated heterocycles. The molecule has 2 heterocycles. The van der Waals surface area contributed by atoms with E-state index in [9.17, 15) is 19.1 Å². The lowest BCUT2D eigenvalue weighted by atomic mass is 9.95. The number of benzene rings is 2. The number of ketones is 1. The zero-order valence-corrected chi connectivity index (χ0v) is 19.5. The Labute approximate surface area is 204 Å². The van der Waals surface area contributed by atoms with Gasteiger partial charge in [0, 0.05) is 31.7 Å². The Morgan fingerprint density at radius 1 is 1.09 bits per heavy atom. The van der Waals surface area contributed by atoms with E-state index in [1.807, 2.05) is 0 Å². The molecule has 0 saturated carbocycles. The minimum absolute atomic E-state index is 0.00672. The summed E-state index contributed by atoms with van der Waals surface area (Å²) in [5, 5.41) is 11.0. The number of aliphatic hydroxyl groups excluding tert-OH is 1. The molecule has 1 atom stereocenters. The van der Waals surface area contributed by atoms with Gasteiger partial charge >= 0.3 is 0 Å². The number of amides is 1. The molecule has 0 bridgehead atoms. The molecule has 4 rings (SSSR count). The summed E-state index contributed by atoms with van der Waals surface area (Å²) in [6.45, 7) is 8.13. The summed E-state index contributed by atoms with van der Waals surface area (Å²) in [4.78, 5) is 30.0. The van der Waals surface area contributed by atoms with Gasteiger partial charge in [-0.1, -0.05) is 24.8 Å². The van der Waals surface area contributed by atoms with E-state index in [-0.39, 0.29) is 16.9 Å². The van der Waals surface area contributed by atoms with Crippen molar-refractivity contribution in [2.24, 2.45) is 0 Å². The SMILES string of the molecule is C=CCOc1ccc([C@@H]2/C(=C(\O)c3ccc(F)cc3)C(=O)C(=O)N2CCCN2CCOCC2)cc1. The van der Waals surface area contributed by atoms with Gasteiger partial charge in [0.1, 0.15) is 23.9 Å². The molecule has 0 aromatic heterocycles. The zero-order valence-electron chi connectivity index (χ0n) is 19.5. The molecule has 7 nitrogen and oxygen atoms in total. The maximum Gasteiger partial charge on any atom is 0.295 e. The summed E-state index contributed by atoms with van der Waals surface area (Å²) >= 11 is 0. The fourth-order valence-electron chi connectivity index (χ4n) is 4.41. The van der Waals surface area contributed by atoms with Crippen LogP contribution in [0.1, 0.15) is 23.6 Å². The van der Waals surface area contributed by atoms with Crippen LogP contribution >= 0.6 is 0 Å². The van der Waals surface area contributed by atoms with Gasteiger partial charge in [-0.2, -0.15) is 0 Å². The van der Waals surface area contributed by atoms with Crippen LogP contribution in [0.3, 0.4) is 0 Å². The maximum absolute atomic E-state index is 13.4. The lowest BCUT2D eigenvalue weighted by Crippen LogP contribution is -2.38. The molecule has 2 aliphatic heterocycles. The third-order valence-corrected chi connectivity index (χ3v) is 6.20. The minimum atomic E-state index is -0.766. The molecule has 0 spiro atoms. The maximum atomic E-state index is 13.4. The summed E-state index contributed by atoms with van der Waals surface area (Å²) in [5.41, 5.74) is 0.937. The summed E-state index contributed by atoms with van der Waals surface area (Å²) < 4.78 is 24.4. The van der Waals surface area contributed by atoms with Gasteiger partial charge < -0.3 is 19.5 Å². The number of hydrogen-bond donors (Lipinski definition) is 1. The number of Topliss-reactive ketones (excluding diaryl/α,β-unsaturated/α-hetero) is 1. The van der Waals surface area contributed by atoms with Crippen LogP contribution in [-0.4, -0.2) is 72.6 Å². The molecule has 0 aliphatic carbocycles. The first-order valence-electron chi connectivity index (χ1n) is 11.7. The highest BCUT2D eigenvalue weighted by molar-refractivity contribution is 6.46. The van der Waals surface area contributed by atoms with Crippen molar-refractivity contribution in [1.29, 1.82) is 0 Å². The lowest BCUT2D eigenvalue weighted by Gasteiger charge is -2.29. The highest BCUT2D eigenvalue weighted by Crippen LogP contribution is 2.40. The molecule has 1 N–H and O–H groups in total. The molecule has 8 heteroatoms. The van der Waals surface area contributed by atoms with E-state index in [1.54, 1.807) is 30.3 Å². The second kappa shape index (κ2) is 11.3. The predicted octanol–water partition coefficient (Wildman–Crippen LogP) is 3.53. The second-order valence-corrected chi connectivity index (χ2v) is 8.48. The zero-order chi connectivity index (χ0) is 24.8. The van der Waals surface area contributed by atoms with Gasteiger partial charge in [-0.05, 0) is 48.4 Å². The summed E-state index contributed by atoms with van der Waals surface area (Å²) in [5.74, 6) is -1.58. The molecule has 184 valence electrons. The van der Waals surface area contributed by atoms with E-state index in [1.165, 1.54) is 29.2 Å². The first-order valence-corrected chi connectivity index (χ1v) is 11.7. The van der Waals surface area contributed by atoms with Crippen LogP contribution in [0.4, 0.5) is 4.39 Å². The largest absolute Gasteiger partial charge is 0.507 e. The van der Waals surface area contributed by atoms with Gasteiger partial charge in [-0.25, -0.2) is 4.39 Å². The smallest absolute Gasteiger partial charge is 0.295 e. The average Bonchev–Trinajstić information content (AvgIpc) is 3.13. The molecule has 0 unspecified atom stereocenters. The molecule has 35 heavy (non-hydrogen) atoms. The van der Waals surface area contributed by atoms with E-state index in [0.717, 1.165) is 19.6 Å². The number of nitrogens with zero attached hydrogens (tertiary/aromatic N) is 2. The first kappa shape index (κ1) is 24.6. The summed E-state index contributed by atoms with van der Waals surface area (Å²) in [6, 6.07) is 11.5. The van der Waals surface area contributed by atoms with Gasteiger partial charge in [0.15, 0.2) is 0 Å². The Morgan fingerprint density at radius 2 is 1.77 bits per heavy atom. The van der Waals surface area contributed by atoms with Crippen molar-refractivity contribution in [3.8, 4) is 5.75 Å². The van der Waals surface area contributed by atoms with Crippen LogP contribution < -0.4 is 4.74 Å². The van der Waals surface area contributed by atoms with Crippen LogP contribution in [0.2, 0.25) is 0 Å². The van der Waals surface area contributed by atoms with Crippen LogP contribution in [0.15, 0.2) is 66.8 Å². The number of hydrogen-bond acceptors (Lipinski definition) is 6. The van der Waals surface area contributed by atoms with Gasteiger partial charge in [-0.3, -0.25) is 14.5 Å². The van der Waals surface area contributed by atoms with Crippen molar-refractivity contribution in [2.45, 2.75) is 12.5 Å². The van der Waals surface area contributed by atoms with E-state index < -0.39 is 23.5 Å². The number of halogens is 1. The Balaban J connectivity index is 1.65. The third-order valence-electron chi connectivity index (χ3n) is 6.20. The molecule has 1 amide bonds. The Bertz CT molecular complexity index is 1090. The second-order valence-electron chi connectivity index (χ2n) is 8.48. The highest BCUT2D eigenvalue weighted by atomic mass is 19.1. The normalized spacial score (nSPS) is 20.3. The third kappa shape index (κ3) is 5.61. The summed E-state index contributed by atoms with van der Waals surface area (Å²) in [6.07, 6.45) is 2.31. The average molecular weight is 481 g/mol. The molecular formula is C27H29FN2O5. The molecule has 2 fully saturated rings. The molecule has 2 aromatic carbocycles. The summed E-state index contributed by atoms with van der Waals surface area (Å²) in [7, 11) is 0. The Hall–Kier alpha value is -3.49. The van der Waals surface area contributed by atoms with E-state index >= 15 is 0 Å². The first-order chi connectivity index (χ1) is 17.0. The minimum Gasteiger partial charge on any atom is -0.507 e. The van der Waals surface area contributed by atoms with Crippen molar-refractivity contribution in [2.75, 3.05) is 46.0 Å². The number of ether oxygens (including phenoxy) is 2. The molecule has 2 aliphatic rings. The van der Waals surface area contributed by atoms with Crippen molar-refractivity contribution in [3.05, 3.63) is 83.7 Å². The predicted molar refractivity (Wildman–Crippen MR) is 129 cm³/mol. The highest BCUT2D eigenvalue weighted by Gasteiger charge is 2.45. The topological polar surface area (TPSA) is 79.3 Å². The van der Waals surface area contributed by atoms with Crippen LogP contribution in [0.25, 0.3) is 5.76 Å². The van der Waals surface area contributed by atoms with Crippen molar-refractivity contribution >= 4 is 17.4 Å². The van der Waals surface area contributed by atoms with Crippen LogP contribution in [-0.2, 0) is 14.3 Å². The van der Waals surface area contributed by atoms with Gasteiger partial charge in [-0.15, -0.1) is 0 Å². The fourth-order valence-corrected chi connectivity index (χ4v) is 4.41. The van der Waals surface area contributed by atoms with E-state index in [4.69, 9.17) is 9.47 Å². The number of carbonyl (C=O) groups excluding carboxylic acids is 2. The Morgan fingerprint density at radius 3 is 2.43 bits per heavy atom. The van der Waals surface area contributed by atoms with E-state index in [2.05, 4.69) is 11.5 Å². The number of aliphatic hydroxyl groups is 1. The standard InChI is InChI=1S/C27H29FN2O5/c1-2-16-35-22-10-6-19(7-11-22)24-23(25(31)20-4-8-21(28)9-5-20)26(32)27(33)30(24)13-3-12-29-14-17-34-18-15-29/h2,4-11,24,31H,1,3,12-18H2/b25-23+/t24-/m1/s1. The number of likely N-dealkylation sites (tertiary alicyclic amines) is 1. The van der Waals surface area contributed by atoms with Crippen LogP contribution in [0, 0.1) is 5.82 Å². The van der Waals surface area contributed by atoms with Crippen LogP contribution in [0.5, 0.6) is 5.75 Å². The lowest BCUT2D eigenvalue weighted by molar-refractivity contribution is -0.140. The van der Waals surface area contributed by atoms with Gasteiger partial charge in [0.05, 0.1) is 24.8 Å². The molecular weight excluding hydrogens is 451 g/mol. The Kier molecular flexibility index (Phi) is 7.94. The van der Waals surface area contributed by atoms with E-state index in [0.29, 0.717) is 44.1 Å². The number of morpholine rings is 1. The van der Waals surface area contributed by atoms with Gasteiger partial charge in [0.2, 0.25) is 0 Å². The van der Waals surface area contributed by atoms with Crippen molar-refractivity contribution in [1.82, 2.24) is 9.80 Å². The molecule has 2 aromatic rings. The number of carbonyl (C=O) groups is 2. The quantitative estimate of drug-likeness (QED) is 0.256. The fraction of sp³-hybridized carbons (Fsp3) is 0.333. The van der Waals surface area contributed by atoms with Gasteiger partial charge in [0.25, 0.3) is 11.7 Å². The van der Waals surface area contributed by atoms with Crippen molar-refractivity contribution in [3.63, 3.8) is 0 Å². The monoisotopic (exact) mass is 480 g/mol.